The van der Waals surface area contributed by atoms with Crippen LogP contribution < -0.4 is 0 Å². The highest BCUT2D eigenvalue weighted by Crippen LogP contribution is 2.21. The van der Waals surface area contributed by atoms with Crippen molar-refractivity contribution in [3.63, 3.8) is 0 Å². The van der Waals surface area contributed by atoms with Crippen molar-refractivity contribution in [2.24, 2.45) is 5.92 Å². The Bertz CT molecular complexity index is 139. The Balaban J connectivity index is 4.09. The maximum absolute atomic E-state index is 9.90. The van der Waals surface area contributed by atoms with Gasteiger partial charge in [-0.2, -0.15) is 0 Å². The minimum absolute atomic E-state index is 0.0363. The van der Waals surface area contributed by atoms with E-state index in [1.165, 1.54) is 0 Å². The van der Waals surface area contributed by atoms with Crippen molar-refractivity contribution in [3.8, 4) is 0 Å². The van der Waals surface area contributed by atoms with Gasteiger partial charge in [0.25, 0.3) is 0 Å². The Kier molecular flexibility index (Phi) is 9.06. The molecule has 0 radical (unpaired) electrons. The van der Waals surface area contributed by atoms with Crippen LogP contribution in [0.1, 0.15) is 52.4 Å². The molecule has 0 heterocycles. The van der Waals surface area contributed by atoms with Gasteiger partial charge in [-0.1, -0.05) is 33.1 Å². The molecule has 0 aliphatic rings. The molecule has 0 amide bonds. The molecule has 3 N–H and O–H groups in total. The number of aliphatic hydroxyl groups is 3. The van der Waals surface area contributed by atoms with Gasteiger partial charge in [0, 0.05) is 12.5 Å². The quantitative estimate of drug-likeness (QED) is 0.552. The number of rotatable bonds is 9. The smallest absolute Gasteiger partial charge is 0.0593 e. The average Bonchev–Trinajstić information content (AvgIpc) is 2.22. The summed E-state index contributed by atoms with van der Waals surface area (Å²) in [5.74, 6) is -0.165. The molecule has 15 heavy (non-hydrogen) atoms. The van der Waals surface area contributed by atoms with Crippen LogP contribution in [0, 0.1) is 5.92 Å². The molecule has 0 aliphatic heterocycles. The van der Waals surface area contributed by atoms with Gasteiger partial charge in [-0.25, -0.2) is 0 Å². The van der Waals surface area contributed by atoms with E-state index >= 15 is 0 Å². The maximum atomic E-state index is 9.90. The fourth-order valence-corrected chi connectivity index (χ4v) is 1.93. The van der Waals surface area contributed by atoms with Crippen molar-refractivity contribution in [1.29, 1.82) is 0 Å². The van der Waals surface area contributed by atoms with Crippen molar-refractivity contribution < 1.29 is 15.3 Å². The van der Waals surface area contributed by atoms with Crippen LogP contribution >= 0.6 is 0 Å². The first kappa shape index (κ1) is 14.9. The molecule has 0 aromatic carbocycles. The monoisotopic (exact) mass is 218 g/mol. The lowest BCUT2D eigenvalue weighted by Crippen LogP contribution is -2.32. The van der Waals surface area contributed by atoms with E-state index in [1.807, 2.05) is 6.92 Å². The fourth-order valence-electron chi connectivity index (χ4n) is 1.93. The summed E-state index contributed by atoms with van der Waals surface area (Å²) in [6, 6.07) is 0. The number of aliphatic hydroxyl groups excluding tert-OH is 3. The first-order valence-electron chi connectivity index (χ1n) is 6.14. The van der Waals surface area contributed by atoms with Gasteiger partial charge in [0.2, 0.25) is 0 Å². The molecule has 0 aromatic rings. The van der Waals surface area contributed by atoms with Crippen molar-refractivity contribution in [3.05, 3.63) is 0 Å². The van der Waals surface area contributed by atoms with E-state index < -0.39 is 12.2 Å². The van der Waals surface area contributed by atoms with E-state index in [0.29, 0.717) is 12.8 Å². The summed E-state index contributed by atoms with van der Waals surface area (Å²) in [6.07, 6.45) is 3.90. The van der Waals surface area contributed by atoms with E-state index in [1.54, 1.807) is 0 Å². The Morgan fingerprint density at radius 1 is 0.867 bits per heavy atom. The molecular weight excluding hydrogens is 192 g/mol. The average molecular weight is 218 g/mol. The largest absolute Gasteiger partial charge is 0.396 e. The van der Waals surface area contributed by atoms with Gasteiger partial charge in [-0.3, -0.25) is 0 Å². The van der Waals surface area contributed by atoms with Crippen LogP contribution in [0.15, 0.2) is 0 Å². The lowest BCUT2D eigenvalue weighted by Gasteiger charge is -2.27. The van der Waals surface area contributed by atoms with Gasteiger partial charge in [0.05, 0.1) is 12.2 Å². The normalized spacial score (nSPS) is 17.4. The Morgan fingerprint density at radius 3 is 1.93 bits per heavy atom. The summed E-state index contributed by atoms with van der Waals surface area (Å²) < 4.78 is 0. The van der Waals surface area contributed by atoms with E-state index in [2.05, 4.69) is 6.92 Å². The molecule has 0 aliphatic carbocycles. The molecule has 92 valence electrons. The number of hydrogen-bond donors (Lipinski definition) is 3. The first-order valence-corrected chi connectivity index (χ1v) is 6.14. The SMILES string of the molecule is CCCCC(O)C(CCO)C(O)CCC. The van der Waals surface area contributed by atoms with Crippen LogP contribution in [-0.2, 0) is 0 Å². The first-order chi connectivity index (χ1) is 7.17. The summed E-state index contributed by atoms with van der Waals surface area (Å²) >= 11 is 0. The number of hydrogen-bond acceptors (Lipinski definition) is 3. The second-order valence-corrected chi connectivity index (χ2v) is 4.24. The topological polar surface area (TPSA) is 60.7 Å². The molecule has 0 saturated heterocycles. The standard InChI is InChI=1S/C12H26O3/c1-3-5-7-12(15)10(8-9-13)11(14)6-4-2/h10-15H,3-9H2,1-2H3. The van der Waals surface area contributed by atoms with Crippen LogP contribution in [-0.4, -0.2) is 34.1 Å². The zero-order valence-electron chi connectivity index (χ0n) is 10.0. The van der Waals surface area contributed by atoms with E-state index in [9.17, 15) is 10.2 Å². The van der Waals surface area contributed by atoms with Gasteiger partial charge >= 0.3 is 0 Å². The molecule has 3 heteroatoms. The van der Waals surface area contributed by atoms with Crippen LogP contribution in [0.3, 0.4) is 0 Å². The van der Waals surface area contributed by atoms with Gasteiger partial charge in [0.1, 0.15) is 0 Å². The minimum atomic E-state index is -0.478. The molecule has 0 bridgehead atoms. The molecule has 0 rings (SSSR count). The predicted molar refractivity (Wildman–Crippen MR) is 61.6 cm³/mol. The third kappa shape index (κ3) is 6.13. The van der Waals surface area contributed by atoms with Crippen molar-refractivity contribution >= 4 is 0 Å². The summed E-state index contributed by atoms with van der Waals surface area (Å²) in [6.45, 7) is 4.13. The van der Waals surface area contributed by atoms with Crippen LogP contribution in [0.5, 0.6) is 0 Å². The molecule has 0 fully saturated rings. The fraction of sp³-hybridized carbons (Fsp3) is 1.00. The summed E-state index contributed by atoms with van der Waals surface area (Å²) in [5.41, 5.74) is 0. The maximum Gasteiger partial charge on any atom is 0.0593 e. The van der Waals surface area contributed by atoms with Gasteiger partial charge in [-0.15, -0.1) is 0 Å². The minimum Gasteiger partial charge on any atom is -0.396 e. The van der Waals surface area contributed by atoms with Crippen LogP contribution in [0.4, 0.5) is 0 Å². The van der Waals surface area contributed by atoms with Gasteiger partial charge in [-0.05, 0) is 19.3 Å². The summed E-state index contributed by atoms with van der Waals surface area (Å²) in [5, 5.41) is 28.6. The third-order valence-electron chi connectivity index (χ3n) is 2.89. The summed E-state index contributed by atoms with van der Waals surface area (Å²) in [4.78, 5) is 0. The summed E-state index contributed by atoms with van der Waals surface area (Å²) in [7, 11) is 0. The van der Waals surface area contributed by atoms with Gasteiger partial charge < -0.3 is 15.3 Å². The molecule has 3 nitrogen and oxygen atoms in total. The molecule has 3 atom stereocenters. The molecule has 0 spiro atoms. The Hall–Kier alpha value is -0.120. The second kappa shape index (κ2) is 9.13. The Labute approximate surface area is 93.1 Å². The molecular formula is C12H26O3. The highest BCUT2D eigenvalue weighted by Gasteiger charge is 2.25. The lowest BCUT2D eigenvalue weighted by molar-refractivity contribution is -0.00832. The molecule has 0 aromatic heterocycles. The second-order valence-electron chi connectivity index (χ2n) is 4.24. The number of unbranched alkanes of at least 4 members (excludes halogenated alkanes) is 1. The Morgan fingerprint density at radius 2 is 1.47 bits per heavy atom. The third-order valence-corrected chi connectivity index (χ3v) is 2.89. The van der Waals surface area contributed by atoms with Crippen molar-refractivity contribution in [2.45, 2.75) is 64.6 Å². The van der Waals surface area contributed by atoms with E-state index in [0.717, 1.165) is 25.7 Å². The zero-order chi connectivity index (χ0) is 11.7. The zero-order valence-corrected chi connectivity index (χ0v) is 10.0. The van der Waals surface area contributed by atoms with Crippen LogP contribution in [0.2, 0.25) is 0 Å². The lowest BCUT2D eigenvalue weighted by atomic mass is 9.88. The molecule has 3 unspecified atom stereocenters. The van der Waals surface area contributed by atoms with E-state index in [4.69, 9.17) is 5.11 Å². The van der Waals surface area contributed by atoms with Crippen LogP contribution in [0.25, 0.3) is 0 Å². The van der Waals surface area contributed by atoms with Crippen molar-refractivity contribution in [2.75, 3.05) is 6.61 Å². The predicted octanol–water partition coefficient (Wildman–Crippen LogP) is 1.70. The molecule has 0 saturated carbocycles. The van der Waals surface area contributed by atoms with Gasteiger partial charge in [0.15, 0.2) is 0 Å². The highest BCUT2D eigenvalue weighted by molar-refractivity contribution is 4.76. The van der Waals surface area contributed by atoms with E-state index in [-0.39, 0.29) is 12.5 Å². The highest BCUT2D eigenvalue weighted by atomic mass is 16.3. The van der Waals surface area contributed by atoms with Crippen molar-refractivity contribution in [1.82, 2.24) is 0 Å².